The van der Waals surface area contributed by atoms with Crippen molar-refractivity contribution in [2.45, 2.75) is 38.3 Å². The van der Waals surface area contributed by atoms with E-state index in [1.54, 1.807) is 0 Å². The van der Waals surface area contributed by atoms with E-state index in [0.29, 0.717) is 18.5 Å². The standard InChI is InChI=1S/C19H22N4O/c1-14-7-8-18(21-20-14)22-11-9-17-16(22)10-12-23(17)19(24)13-15-5-3-2-4-6-15/h2-8,16-17H,9-13H2,1H3/t16-,17+/m0/s1. The quantitative estimate of drug-likeness (QED) is 0.869. The number of fused-ring (bicyclic) bond motifs is 1. The third-order valence-corrected chi connectivity index (χ3v) is 5.17. The molecule has 2 aliphatic heterocycles. The predicted octanol–water partition coefficient (Wildman–Crippen LogP) is 2.21. The summed E-state index contributed by atoms with van der Waals surface area (Å²) in [5, 5.41) is 8.51. The Morgan fingerprint density at radius 2 is 1.83 bits per heavy atom. The van der Waals surface area contributed by atoms with E-state index in [1.165, 1.54) is 0 Å². The van der Waals surface area contributed by atoms with Crippen LogP contribution < -0.4 is 4.90 Å². The van der Waals surface area contributed by atoms with Crippen LogP contribution >= 0.6 is 0 Å². The Morgan fingerprint density at radius 3 is 2.58 bits per heavy atom. The van der Waals surface area contributed by atoms with E-state index < -0.39 is 0 Å². The van der Waals surface area contributed by atoms with Crippen molar-refractivity contribution in [1.29, 1.82) is 0 Å². The SMILES string of the molecule is Cc1ccc(N2CC[C@@H]3[C@@H]2CCN3C(=O)Cc2ccccc2)nn1. The van der Waals surface area contributed by atoms with Gasteiger partial charge in [0.15, 0.2) is 5.82 Å². The molecule has 2 saturated heterocycles. The predicted molar refractivity (Wildman–Crippen MR) is 92.8 cm³/mol. The van der Waals surface area contributed by atoms with Crippen LogP contribution in [0.4, 0.5) is 5.82 Å². The Labute approximate surface area is 142 Å². The number of rotatable bonds is 3. The summed E-state index contributed by atoms with van der Waals surface area (Å²) in [6.07, 6.45) is 2.52. The highest BCUT2D eigenvalue weighted by atomic mass is 16.2. The highest BCUT2D eigenvalue weighted by Crippen LogP contribution is 2.34. The van der Waals surface area contributed by atoms with Crippen LogP contribution in [0.3, 0.4) is 0 Å². The third kappa shape index (κ3) is 2.75. The van der Waals surface area contributed by atoms with Gasteiger partial charge in [-0.2, -0.15) is 5.10 Å². The zero-order valence-corrected chi connectivity index (χ0v) is 13.9. The molecular weight excluding hydrogens is 300 g/mol. The number of carbonyl (C=O) groups is 1. The Morgan fingerprint density at radius 1 is 1.04 bits per heavy atom. The third-order valence-electron chi connectivity index (χ3n) is 5.17. The molecule has 0 N–H and O–H groups in total. The maximum Gasteiger partial charge on any atom is 0.227 e. The number of carbonyl (C=O) groups excluding carboxylic acids is 1. The molecule has 0 unspecified atom stereocenters. The number of aryl methyl sites for hydroxylation is 1. The van der Waals surface area contributed by atoms with Crippen LogP contribution in [0.2, 0.25) is 0 Å². The second-order valence-electron chi connectivity index (χ2n) is 6.69. The average Bonchev–Trinajstić information content (AvgIpc) is 3.18. The molecule has 0 bridgehead atoms. The van der Waals surface area contributed by atoms with Gasteiger partial charge in [-0.3, -0.25) is 4.79 Å². The number of anilines is 1. The smallest absolute Gasteiger partial charge is 0.227 e. The number of nitrogens with zero attached hydrogens (tertiary/aromatic N) is 4. The Balaban J connectivity index is 1.46. The van der Waals surface area contributed by atoms with Crippen LogP contribution in [-0.4, -0.2) is 46.2 Å². The Bertz CT molecular complexity index is 716. The van der Waals surface area contributed by atoms with Crippen LogP contribution in [-0.2, 0) is 11.2 Å². The van der Waals surface area contributed by atoms with Crippen molar-refractivity contribution in [2.75, 3.05) is 18.0 Å². The molecule has 5 nitrogen and oxygen atoms in total. The summed E-state index contributed by atoms with van der Waals surface area (Å²) in [4.78, 5) is 17.1. The van der Waals surface area contributed by atoms with Crippen molar-refractivity contribution in [3.63, 3.8) is 0 Å². The Kier molecular flexibility index (Phi) is 3.92. The molecule has 1 amide bonds. The van der Waals surface area contributed by atoms with E-state index in [2.05, 4.69) is 20.0 Å². The van der Waals surface area contributed by atoms with Crippen molar-refractivity contribution in [3.05, 3.63) is 53.7 Å². The zero-order valence-electron chi connectivity index (χ0n) is 13.9. The monoisotopic (exact) mass is 322 g/mol. The fourth-order valence-corrected chi connectivity index (χ4v) is 4.00. The number of benzene rings is 1. The van der Waals surface area contributed by atoms with E-state index >= 15 is 0 Å². The highest BCUT2D eigenvalue weighted by molar-refractivity contribution is 5.79. The van der Waals surface area contributed by atoms with Gasteiger partial charge in [0.25, 0.3) is 0 Å². The van der Waals surface area contributed by atoms with Crippen LogP contribution in [0.5, 0.6) is 0 Å². The van der Waals surface area contributed by atoms with Crippen molar-refractivity contribution < 1.29 is 4.79 Å². The summed E-state index contributed by atoms with van der Waals surface area (Å²) in [5.74, 6) is 1.18. The molecule has 124 valence electrons. The lowest BCUT2D eigenvalue weighted by Gasteiger charge is -2.26. The van der Waals surface area contributed by atoms with E-state index in [4.69, 9.17) is 0 Å². The second kappa shape index (κ2) is 6.23. The van der Waals surface area contributed by atoms with Gasteiger partial charge in [-0.25, -0.2) is 0 Å². The molecule has 0 spiro atoms. The molecule has 2 aliphatic rings. The molecule has 3 heterocycles. The summed E-state index contributed by atoms with van der Waals surface area (Å²) in [6, 6.07) is 14.7. The summed E-state index contributed by atoms with van der Waals surface area (Å²) in [6.45, 7) is 3.74. The normalized spacial score (nSPS) is 22.7. The van der Waals surface area contributed by atoms with E-state index in [9.17, 15) is 4.79 Å². The van der Waals surface area contributed by atoms with Gasteiger partial charge in [0.05, 0.1) is 24.2 Å². The van der Waals surface area contributed by atoms with E-state index in [0.717, 1.165) is 43.0 Å². The minimum absolute atomic E-state index is 0.241. The summed E-state index contributed by atoms with van der Waals surface area (Å²) < 4.78 is 0. The minimum Gasteiger partial charge on any atom is -0.350 e. The second-order valence-corrected chi connectivity index (χ2v) is 6.69. The number of aromatic nitrogens is 2. The molecule has 5 heteroatoms. The van der Waals surface area contributed by atoms with Crippen molar-refractivity contribution in [3.8, 4) is 0 Å². The molecule has 0 radical (unpaired) electrons. The van der Waals surface area contributed by atoms with Crippen LogP contribution in [0, 0.1) is 6.92 Å². The molecule has 1 aromatic carbocycles. The van der Waals surface area contributed by atoms with Crippen molar-refractivity contribution >= 4 is 11.7 Å². The molecule has 0 saturated carbocycles. The average molecular weight is 322 g/mol. The molecule has 1 aromatic heterocycles. The van der Waals surface area contributed by atoms with Gasteiger partial charge < -0.3 is 9.80 Å². The fourth-order valence-electron chi connectivity index (χ4n) is 4.00. The van der Waals surface area contributed by atoms with Crippen molar-refractivity contribution in [1.82, 2.24) is 15.1 Å². The van der Waals surface area contributed by atoms with Gasteiger partial charge in [-0.05, 0) is 37.5 Å². The molecule has 2 atom stereocenters. The summed E-state index contributed by atoms with van der Waals surface area (Å²) in [7, 11) is 0. The number of amides is 1. The fraction of sp³-hybridized carbons (Fsp3) is 0.421. The largest absolute Gasteiger partial charge is 0.350 e. The van der Waals surface area contributed by atoms with Gasteiger partial charge in [0.1, 0.15) is 0 Å². The number of likely N-dealkylation sites (tertiary alicyclic amines) is 1. The first kappa shape index (κ1) is 15.1. The first-order valence-corrected chi connectivity index (χ1v) is 8.63. The molecule has 24 heavy (non-hydrogen) atoms. The Hall–Kier alpha value is -2.43. The summed E-state index contributed by atoms with van der Waals surface area (Å²) >= 11 is 0. The molecule has 4 rings (SSSR count). The lowest BCUT2D eigenvalue weighted by Crippen LogP contribution is -2.40. The van der Waals surface area contributed by atoms with Crippen LogP contribution in [0.15, 0.2) is 42.5 Å². The maximum atomic E-state index is 12.7. The number of hydrogen-bond acceptors (Lipinski definition) is 4. The first-order valence-electron chi connectivity index (χ1n) is 8.63. The van der Waals surface area contributed by atoms with E-state index in [1.807, 2.05) is 49.4 Å². The lowest BCUT2D eigenvalue weighted by atomic mass is 10.1. The first-order chi connectivity index (χ1) is 11.7. The van der Waals surface area contributed by atoms with Gasteiger partial charge in [-0.1, -0.05) is 30.3 Å². The summed E-state index contributed by atoms with van der Waals surface area (Å²) in [5.41, 5.74) is 2.02. The van der Waals surface area contributed by atoms with Crippen LogP contribution in [0.1, 0.15) is 24.1 Å². The lowest BCUT2D eigenvalue weighted by molar-refractivity contribution is -0.131. The zero-order chi connectivity index (χ0) is 16.5. The molecule has 0 aliphatic carbocycles. The highest BCUT2D eigenvalue weighted by Gasteiger charge is 2.44. The number of hydrogen-bond donors (Lipinski definition) is 0. The van der Waals surface area contributed by atoms with Gasteiger partial charge >= 0.3 is 0 Å². The maximum absolute atomic E-state index is 12.7. The van der Waals surface area contributed by atoms with E-state index in [-0.39, 0.29) is 5.91 Å². The van der Waals surface area contributed by atoms with Gasteiger partial charge in [0, 0.05) is 13.1 Å². The topological polar surface area (TPSA) is 49.3 Å². The van der Waals surface area contributed by atoms with Gasteiger partial charge in [-0.15, -0.1) is 5.10 Å². The molecular formula is C19H22N4O. The van der Waals surface area contributed by atoms with Gasteiger partial charge in [0.2, 0.25) is 5.91 Å². The minimum atomic E-state index is 0.241. The van der Waals surface area contributed by atoms with Crippen molar-refractivity contribution in [2.24, 2.45) is 0 Å². The van der Waals surface area contributed by atoms with Crippen LogP contribution in [0.25, 0.3) is 0 Å². The molecule has 2 aromatic rings. The molecule has 2 fully saturated rings.